The largest absolute Gasteiger partial charge is 0.331 e. The first-order chi connectivity index (χ1) is 10.5. The lowest BCUT2D eigenvalue weighted by Crippen LogP contribution is -2.36. The molecular weight excluding hydrogens is 280 g/mol. The molecule has 2 rings (SSSR count). The minimum absolute atomic E-state index is 0.595. The number of nitrogens with zero attached hydrogens (tertiary/aromatic N) is 2. The van der Waals surface area contributed by atoms with E-state index in [1.54, 1.807) is 0 Å². The lowest BCUT2D eigenvalue weighted by Gasteiger charge is -2.19. The number of nitrogens with one attached hydrogen (secondary N) is 2. The molecule has 122 valence electrons. The lowest BCUT2D eigenvalue weighted by atomic mass is 9.89. The van der Waals surface area contributed by atoms with E-state index in [4.69, 9.17) is 0 Å². The summed E-state index contributed by atoms with van der Waals surface area (Å²) in [4.78, 5) is 23.4. The topological polar surface area (TPSA) is 82.9 Å². The molecule has 0 aromatic heterocycles. The number of hydrogen-bond donors (Lipinski definition) is 2. The third kappa shape index (κ3) is 5.24. The average molecular weight is 306 g/mol. The third-order valence-corrected chi connectivity index (χ3v) is 4.33. The molecule has 0 bridgehead atoms. The van der Waals surface area contributed by atoms with E-state index in [1.807, 2.05) is 0 Å². The molecule has 0 saturated heterocycles. The summed E-state index contributed by atoms with van der Waals surface area (Å²) in [5.41, 5.74) is 6.60. The molecule has 0 aliphatic heterocycles. The molecule has 6 heteroatoms. The molecule has 2 aliphatic carbocycles. The van der Waals surface area contributed by atoms with E-state index in [1.165, 1.54) is 12.8 Å². The summed E-state index contributed by atoms with van der Waals surface area (Å²) in [6.07, 6.45) is 8.15. The summed E-state index contributed by atoms with van der Waals surface area (Å²) in [6.45, 7) is 4.34. The summed E-state index contributed by atoms with van der Waals surface area (Å²) >= 11 is 0. The van der Waals surface area contributed by atoms with Crippen LogP contribution in [0.1, 0.15) is 65.2 Å². The normalized spacial score (nSPS) is 29.4. The van der Waals surface area contributed by atoms with Crippen molar-refractivity contribution in [3.05, 3.63) is 0 Å². The Morgan fingerprint density at radius 1 is 0.864 bits per heavy atom. The van der Waals surface area contributed by atoms with Crippen molar-refractivity contribution in [3.8, 4) is 0 Å². The Balaban J connectivity index is 1.78. The van der Waals surface area contributed by atoms with Crippen LogP contribution in [0.2, 0.25) is 0 Å². The van der Waals surface area contributed by atoms with Gasteiger partial charge in [-0.3, -0.25) is 9.59 Å². The molecule has 0 spiro atoms. The van der Waals surface area contributed by atoms with Crippen molar-refractivity contribution in [2.45, 2.75) is 65.2 Å². The average Bonchev–Trinajstić information content (AvgIpc) is 2.50. The van der Waals surface area contributed by atoms with E-state index in [0.717, 1.165) is 49.9 Å². The van der Waals surface area contributed by atoms with Gasteiger partial charge in [-0.05, 0) is 63.2 Å². The Hall–Kier alpha value is -1.72. The van der Waals surface area contributed by atoms with Crippen molar-refractivity contribution in [2.75, 3.05) is 0 Å². The molecule has 0 radical (unpaired) electrons. The van der Waals surface area contributed by atoms with Gasteiger partial charge in [0.05, 0.1) is 0 Å². The van der Waals surface area contributed by atoms with E-state index < -0.39 is 11.8 Å². The van der Waals surface area contributed by atoms with Crippen molar-refractivity contribution >= 4 is 23.2 Å². The van der Waals surface area contributed by atoms with E-state index in [0.29, 0.717) is 11.8 Å². The van der Waals surface area contributed by atoms with Crippen molar-refractivity contribution in [2.24, 2.45) is 22.0 Å². The number of hydrogen-bond acceptors (Lipinski definition) is 4. The minimum atomic E-state index is -0.751. The molecule has 0 unspecified atom stereocenters. The van der Waals surface area contributed by atoms with Gasteiger partial charge in [0, 0.05) is 11.4 Å². The van der Waals surface area contributed by atoms with Crippen LogP contribution in [0.25, 0.3) is 0 Å². The van der Waals surface area contributed by atoms with Gasteiger partial charge >= 0.3 is 11.8 Å². The lowest BCUT2D eigenvalue weighted by molar-refractivity contribution is -0.139. The van der Waals surface area contributed by atoms with Gasteiger partial charge in [-0.15, -0.1) is 0 Å². The molecule has 2 aliphatic rings. The second-order valence-electron chi connectivity index (χ2n) is 6.64. The highest BCUT2D eigenvalue weighted by Gasteiger charge is 2.18. The van der Waals surface area contributed by atoms with Gasteiger partial charge < -0.3 is 0 Å². The molecule has 2 saturated carbocycles. The first kappa shape index (κ1) is 16.6. The standard InChI is InChI=1S/C16H26N4O2/c1-11-5-3-7-13(9-11)17-19-15(21)16(22)20-18-14-8-4-6-12(2)10-14/h11-12H,3-10H2,1-2H3,(H,19,21)(H,20,22)/b17-13-,18-14+/t11-,12+/m0/s1. The van der Waals surface area contributed by atoms with Gasteiger partial charge in [-0.25, -0.2) is 10.9 Å². The Morgan fingerprint density at radius 2 is 1.27 bits per heavy atom. The molecule has 2 fully saturated rings. The zero-order valence-electron chi connectivity index (χ0n) is 13.5. The fraction of sp³-hybridized carbons (Fsp3) is 0.750. The summed E-state index contributed by atoms with van der Waals surface area (Å²) < 4.78 is 0. The first-order valence-corrected chi connectivity index (χ1v) is 8.25. The Kier molecular flexibility index (Phi) is 6.10. The van der Waals surface area contributed by atoms with Crippen molar-refractivity contribution < 1.29 is 9.59 Å². The monoisotopic (exact) mass is 306 g/mol. The van der Waals surface area contributed by atoms with E-state index >= 15 is 0 Å². The summed E-state index contributed by atoms with van der Waals surface area (Å²) in [5, 5.41) is 8.14. The SMILES string of the molecule is C[C@@H]1CCC/C(=N\NC(=O)C(=O)N/N=C2/CCC[C@H](C)C2)C1. The number of carbonyl (C=O) groups excluding carboxylic acids is 2. The predicted molar refractivity (Wildman–Crippen MR) is 86.4 cm³/mol. The first-order valence-electron chi connectivity index (χ1n) is 8.25. The maximum absolute atomic E-state index is 11.7. The van der Waals surface area contributed by atoms with Gasteiger partial charge in [-0.1, -0.05) is 13.8 Å². The quantitative estimate of drug-likeness (QED) is 0.606. The summed E-state index contributed by atoms with van der Waals surface area (Å²) in [7, 11) is 0. The van der Waals surface area contributed by atoms with Crippen LogP contribution in [-0.2, 0) is 9.59 Å². The van der Waals surface area contributed by atoms with Crippen LogP contribution in [0.5, 0.6) is 0 Å². The van der Waals surface area contributed by atoms with E-state index in [9.17, 15) is 9.59 Å². The zero-order valence-corrected chi connectivity index (χ0v) is 13.5. The highest BCUT2D eigenvalue weighted by atomic mass is 16.2. The van der Waals surface area contributed by atoms with Gasteiger partial charge in [0.25, 0.3) is 0 Å². The maximum atomic E-state index is 11.7. The molecule has 2 atom stereocenters. The number of hydrazone groups is 2. The molecular formula is C16H26N4O2. The molecule has 2 N–H and O–H groups in total. The zero-order chi connectivity index (χ0) is 15.9. The van der Waals surface area contributed by atoms with E-state index in [2.05, 4.69) is 34.9 Å². The van der Waals surface area contributed by atoms with Crippen molar-refractivity contribution in [1.82, 2.24) is 10.9 Å². The fourth-order valence-corrected chi connectivity index (χ4v) is 3.09. The summed E-state index contributed by atoms with van der Waals surface area (Å²) in [5.74, 6) is -0.311. The van der Waals surface area contributed by atoms with Crippen LogP contribution in [-0.4, -0.2) is 23.2 Å². The second-order valence-corrected chi connectivity index (χ2v) is 6.64. The molecule has 0 heterocycles. The van der Waals surface area contributed by atoms with Crippen LogP contribution < -0.4 is 10.9 Å². The van der Waals surface area contributed by atoms with Crippen LogP contribution in [0.15, 0.2) is 10.2 Å². The molecule has 0 aromatic rings. The van der Waals surface area contributed by atoms with Gasteiger partial charge in [0.2, 0.25) is 0 Å². The fourth-order valence-electron chi connectivity index (χ4n) is 3.09. The summed E-state index contributed by atoms with van der Waals surface area (Å²) in [6, 6.07) is 0. The van der Waals surface area contributed by atoms with Crippen LogP contribution >= 0.6 is 0 Å². The van der Waals surface area contributed by atoms with Crippen LogP contribution in [0.3, 0.4) is 0 Å². The minimum Gasteiger partial charge on any atom is -0.262 e. The van der Waals surface area contributed by atoms with Gasteiger partial charge in [-0.2, -0.15) is 10.2 Å². The molecule has 2 amide bonds. The Bertz CT molecular complexity index is 441. The highest BCUT2D eigenvalue weighted by Crippen LogP contribution is 2.21. The Labute approximate surface area is 131 Å². The van der Waals surface area contributed by atoms with E-state index in [-0.39, 0.29) is 0 Å². The Morgan fingerprint density at radius 3 is 1.64 bits per heavy atom. The molecule has 6 nitrogen and oxygen atoms in total. The van der Waals surface area contributed by atoms with Crippen LogP contribution in [0, 0.1) is 11.8 Å². The van der Waals surface area contributed by atoms with Crippen molar-refractivity contribution in [3.63, 3.8) is 0 Å². The van der Waals surface area contributed by atoms with Gasteiger partial charge in [0.1, 0.15) is 0 Å². The van der Waals surface area contributed by atoms with Crippen LogP contribution in [0.4, 0.5) is 0 Å². The molecule has 0 aromatic carbocycles. The molecule has 22 heavy (non-hydrogen) atoms. The van der Waals surface area contributed by atoms with Crippen molar-refractivity contribution in [1.29, 1.82) is 0 Å². The number of rotatable bonds is 2. The second kappa shape index (κ2) is 8.06. The third-order valence-electron chi connectivity index (χ3n) is 4.33. The number of amides is 2. The maximum Gasteiger partial charge on any atom is 0.331 e. The number of carbonyl (C=O) groups is 2. The predicted octanol–water partition coefficient (Wildman–Crippen LogP) is 2.35. The van der Waals surface area contributed by atoms with Gasteiger partial charge in [0.15, 0.2) is 0 Å². The smallest absolute Gasteiger partial charge is 0.262 e. The highest BCUT2D eigenvalue weighted by molar-refractivity contribution is 6.35.